The number of aryl methyl sites for hydroxylation is 1. The molecular formula is C12H14N2O. The molecule has 2 rings (SSSR count). The number of aromatic nitrogens is 2. The Balaban J connectivity index is 2.41. The number of hydrogen-bond donors (Lipinski definition) is 1. The standard InChI is InChI=1S/C12H14N2O/c1-3-15-11-5-4-9(2)12(6-11)10-7-13-14-8-10/h4-8H,3H2,1-2H3,(H,13,14). The first kappa shape index (κ1) is 9.77. The molecule has 3 nitrogen and oxygen atoms in total. The topological polar surface area (TPSA) is 37.9 Å². The van der Waals surface area contributed by atoms with Crippen LogP contribution in [0, 0.1) is 6.92 Å². The summed E-state index contributed by atoms with van der Waals surface area (Å²) in [6.07, 6.45) is 3.70. The Morgan fingerprint density at radius 3 is 2.93 bits per heavy atom. The van der Waals surface area contributed by atoms with E-state index in [0.29, 0.717) is 6.61 Å². The number of aromatic amines is 1. The molecule has 15 heavy (non-hydrogen) atoms. The largest absolute Gasteiger partial charge is 0.494 e. The SMILES string of the molecule is CCOc1ccc(C)c(-c2cn[nH]c2)c1. The highest BCUT2D eigenvalue weighted by Crippen LogP contribution is 2.26. The fourth-order valence-electron chi connectivity index (χ4n) is 1.57. The number of H-pyrrole nitrogens is 1. The number of rotatable bonds is 3. The lowest BCUT2D eigenvalue weighted by molar-refractivity contribution is 0.340. The van der Waals surface area contributed by atoms with Crippen molar-refractivity contribution in [2.24, 2.45) is 0 Å². The van der Waals surface area contributed by atoms with Crippen LogP contribution >= 0.6 is 0 Å². The number of hydrogen-bond acceptors (Lipinski definition) is 2. The Labute approximate surface area is 89.1 Å². The molecule has 0 spiro atoms. The molecule has 0 atom stereocenters. The van der Waals surface area contributed by atoms with E-state index in [2.05, 4.69) is 23.2 Å². The van der Waals surface area contributed by atoms with Crippen LogP contribution in [0.3, 0.4) is 0 Å². The van der Waals surface area contributed by atoms with Crippen molar-refractivity contribution in [3.63, 3.8) is 0 Å². The van der Waals surface area contributed by atoms with Crippen molar-refractivity contribution in [3.05, 3.63) is 36.2 Å². The Hall–Kier alpha value is -1.77. The molecular weight excluding hydrogens is 188 g/mol. The zero-order valence-electron chi connectivity index (χ0n) is 8.95. The van der Waals surface area contributed by atoms with E-state index in [-0.39, 0.29) is 0 Å². The lowest BCUT2D eigenvalue weighted by Crippen LogP contribution is -1.92. The molecule has 0 aliphatic carbocycles. The van der Waals surface area contributed by atoms with Crippen LogP contribution in [0.4, 0.5) is 0 Å². The van der Waals surface area contributed by atoms with Crippen molar-refractivity contribution in [2.75, 3.05) is 6.61 Å². The molecule has 3 heteroatoms. The van der Waals surface area contributed by atoms with Gasteiger partial charge >= 0.3 is 0 Å². The molecule has 0 aliphatic rings. The normalized spacial score (nSPS) is 10.3. The average molecular weight is 202 g/mol. The summed E-state index contributed by atoms with van der Waals surface area (Å²) in [6, 6.07) is 6.10. The second-order valence-corrected chi connectivity index (χ2v) is 3.40. The van der Waals surface area contributed by atoms with Gasteiger partial charge in [0, 0.05) is 11.8 Å². The van der Waals surface area contributed by atoms with Gasteiger partial charge in [-0.05, 0) is 37.1 Å². The van der Waals surface area contributed by atoms with Crippen LogP contribution in [-0.2, 0) is 0 Å². The molecule has 0 bridgehead atoms. The summed E-state index contributed by atoms with van der Waals surface area (Å²) in [5.41, 5.74) is 3.48. The van der Waals surface area contributed by atoms with E-state index in [4.69, 9.17) is 4.74 Å². The van der Waals surface area contributed by atoms with Crippen LogP contribution in [0.25, 0.3) is 11.1 Å². The van der Waals surface area contributed by atoms with Gasteiger partial charge in [-0.25, -0.2) is 0 Å². The Morgan fingerprint density at radius 1 is 1.40 bits per heavy atom. The van der Waals surface area contributed by atoms with Crippen molar-refractivity contribution in [3.8, 4) is 16.9 Å². The zero-order valence-corrected chi connectivity index (χ0v) is 8.95. The number of ether oxygens (including phenoxy) is 1. The summed E-state index contributed by atoms with van der Waals surface area (Å²) in [7, 11) is 0. The third kappa shape index (κ3) is 2.01. The highest BCUT2D eigenvalue weighted by Gasteiger charge is 2.04. The van der Waals surface area contributed by atoms with Gasteiger partial charge in [-0.15, -0.1) is 0 Å². The first-order valence-electron chi connectivity index (χ1n) is 5.04. The number of benzene rings is 1. The molecule has 2 aromatic rings. The summed E-state index contributed by atoms with van der Waals surface area (Å²) in [5, 5.41) is 6.77. The minimum absolute atomic E-state index is 0.688. The van der Waals surface area contributed by atoms with Crippen molar-refractivity contribution < 1.29 is 4.74 Å². The molecule has 1 heterocycles. The Morgan fingerprint density at radius 2 is 2.27 bits per heavy atom. The number of nitrogens with zero attached hydrogens (tertiary/aromatic N) is 1. The summed E-state index contributed by atoms with van der Waals surface area (Å²) in [6.45, 7) is 4.75. The van der Waals surface area contributed by atoms with E-state index in [1.165, 1.54) is 5.56 Å². The monoisotopic (exact) mass is 202 g/mol. The third-order valence-electron chi connectivity index (χ3n) is 2.33. The van der Waals surface area contributed by atoms with Gasteiger partial charge in [-0.1, -0.05) is 6.07 Å². The first-order valence-corrected chi connectivity index (χ1v) is 5.04. The van der Waals surface area contributed by atoms with Crippen LogP contribution in [0.1, 0.15) is 12.5 Å². The molecule has 0 aliphatic heterocycles. The zero-order chi connectivity index (χ0) is 10.7. The first-order chi connectivity index (χ1) is 7.31. The van der Waals surface area contributed by atoms with E-state index >= 15 is 0 Å². The fraction of sp³-hybridized carbons (Fsp3) is 0.250. The minimum Gasteiger partial charge on any atom is -0.494 e. The summed E-state index contributed by atoms with van der Waals surface area (Å²) in [5.74, 6) is 0.902. The third-order valence-corrected chi connectivity index (χ3v) is 2.33. The molecule has 1 aromatic heterocycles. The highest BCUT2D eigenvalue weighted by atomic mass is 16.5. The molecule has 0 saturated carbocycles. The maximum atomic E-state index is 5.47. The molecule has 0 fully saturated rings. The van der Waals surface area contributed by atoms with E-state index in [9.17, 15) is 0 Å². The van der Waals surface area contributed by atoms with E-state index in [0.717, 1.165) is 16.9 Å². The lowest BCUT2D eigenvalue weighted by Gasteiger charge is -2.07. The summed E-state index contributed by atoms with van der Waals surface area (Å²) < 4.78 is 5.47. The smallest absolute Gasteiger partial charge is 0.119 e. The van der Waals surface area contributed by atoms with Crippen LogP contribution in [-0.4, -0.2) is 16.8 Å². The van der Waals surface area contributed by atoms with Gasteiger partial charge in [0.2, 0.25) is 0 Å². The van der Waals surface area contributed by atoms with Crippen LogP contribution in [0.5, 0.6) is 5.75 Å². The maximum Gasteiger partial charge on any atom is 0.119 e. The van der Waals surface area contributed by atoms with Gasteiger partial charge in [-0.3, -0.25) is 5.10 Å². The van der Waals surface area contributed by atoms with Crippen molar-refractivity contribution in [2.45, 2.75) is 13.8 Å². The van der Waals surface area contributed by atoms with Gasteiger partial charge in [0.15, 0.2) is 0 Å². The predicted octanol–water partition coefficient (Wildman–Crippen LogP) is 2.78. The second-order valence-electron chi connectivity index (χ2n) is 3.40. The van der Waals surface area contributed by atoms with E-state index in [1.54, 1.807) is 0 Å². The van der Waals surface area contributed by atoms with Crippen LogP contribution < -0.4 is 4.74 Å². The van der Waals surface area contributed by atoms with Gasteiger partial charge in [0.25, 0.3) is 0 Å². The van der Waals surface area contributed by atoms with Crippen LogP contribution in [0.2, 0.25) is 0 Å². The molecule has 0 amide bonds. The number of nitrogens with one attached hydrogen (secondary N) is 1. The maximum absolute atomic E-state index is 5.47. The minimum atomic E-state index is 0.688. The fourth-order valence-corrected chi connectivity index (χ4v) is 1.57. The van der Waals surface area contributed by atoms with Gasteiger partial charge < -0.3 is 4.74 Å². The van der Waals surface area contributed by atoms with Gasteiger partial charge in [-0.2, -0.15) is 5.10 Å². The Bertz CT molecular complexity index is 435. The molecule has 78 valence electrons. The summed E-state index contributed by atoms with van der Waals surface area (Å²) in [4.78, 5) is 0. The lowest BCUT2D eigenvalue weighted by atomic mass is 10.0. The van der Waals surface area contributed by atoms with E-state index < -0.39 is 0 Å². The molecule has 1 N–H and O–H groups in total. The predicted molar refractivity (Wildman–Crippen MR) is 59.9 cm³/mol. The molecule has 0 unspecified atom stereocenters. The van der Waals surface area contributed by atoms with Crippen molar-refractivity contribution >= 4 is 0 Å². The van der Waals surface area contributed by atoms with Gasteiger partial charge in [0.05, 0.1) is 12.8 Å². The van der Waals surface area contributed by atoms with Crippen molar-refractivity contribution in [1.29, 1.82) is 0 Å². The van der Waals surface area contributed by atoms with E-state index in [1.807, 2.05) is 31.5 Å². The quantitative estimate of drug-likeness (QED) is 0.831. The van der Waals surface area contributed by atoms with Crippen LogP contribution in [0.15, 0.2) is 30.6 Å². The molecule has 0 saturated heterocycles. The van der Waals surface area contributed by atoms with Crippen molar-refractivity contribution in [1.82, 2.24) is 10.2 Å². The average Bonchev–Trinajstić information content (AvgIpc) is 2.74. The molecule has 0 radical (unpaired) electrons. The van der Waals surface area contributed by atoms with Gasteiger partial charge in [0.1, 0.15) is 5.75 Å². The summed E-state index contributed by atoms with van der Waals surface area (Å²) >= 11 is 0. The molecule has 1 aromatic carbocycles. The second kappa shape index (κ2) is 4.17. The Kier molecular flexibility index (Phi) is 2.72. The highest BCUT2D eigenvalue weighted by molar-refractivity contribution is 5.67.